The molecule has 13 heavy (non-hydrogen) atoms. The van der Waals surface area contributed by atoms with Crippen LogP contribution in [0.1, 0.15) is 53.4 Å². The van der Waals surface area contributed by atoms with Gasteiger partial charge in [0.2, 0.25) is 0 Å². The van der Waals surface area contributed by atoms with E-state index in [0.29, 0.717) is 12.2 Å². The van der Waals surface area contributed by atoms with E-state index in [2.05, 4.69) is 34.6 Å². The number of rotatable bonds is 7. The monoisotopic (exact) mass is 185 g/mol. The van der Waals surface area contributed by atoms with Gasteiger partial charge < -0.3 is 4.74 Å². The summed E-state index contributed by atoms with van der Waals surface area (Å²) in [5.74, 6) is 0.729. The maximum Gasteiger partial charge on any atom is 0.0578 e. The van der Waals surface area contributed by atoms with Crippen molar-refractivity contribution in [1.82, 2.24) is 0 Å². The molecule has 1 radical (unpaired) electrons. The minimum Gasteiger partial charge on any atom is -0.375 e. The van der Waals surface area contributed by atoms with Gasteiger partial charge in [0, 0.05) is 0 Å². The molecule has 0 aliphatic rings. The molecule has 0 aromatic carbocycles. The molecule has 0 amide bonds. The van der Waals surface area contributed by atoms with Gasteiger partial charge in [-0.2, -0.15) is 0 Å². The highest BCUT2D eigenvalue weighted by Gasteiger charge is 2.13. The lowest BCUT2D eigenvalue weighted by molar-refractivity contribution is -0.0238. The van der Waals surface area contributed by atoms with Crippen molar-refractivity contribution in [1.29, 1.82) is 0 Å². The second-order valence-corrected chi connectivity index (χ2v) is 4.11. The minimum atomic E-state index is 0.365. The SMILES string of the molecule is [CH2]CC(CC)OC(CC)CC(C)C. The second-order valence-electron chi connectivity index (χ2n) is 4.11. The Hall–Kier alpha value is -0.0400. The van der Waals surface area contributed by atoms with Gasteiger partial charge in [-0.25, -0.2) is 0 Å². The summed E-state index contributed by atoms with van der Waals surface area (Å²) in [5.41, 5.74) is 0. The molecule has 1 heteroatoms. The third-order valence-electron chi connectivity index (χ3n) is 2.35. The first-order valence-corrected chi connectivity index (χ1v) is 5.58. The van der Waals surface area contributed by atoms with Crippen molar-refractivity contribution < 1.29 is 4.74 Å². The fourth-order valence-corrected chi connectivity index (χ4v) is 1.48. The minimum absolute atomic E-state index is 0.365. The summed E-state index contributed by atoms with van der Waals surface area (Å²) in [4.78, 5) is 0. The zero-order valence-electron chi connectivity index (χ0n) is 9.68. The fraction of sp³-hybridized carbons (Fsp3) is 0.917. The van der Waals surface area contributed by atoms with Crippen molar-refractivity contribution in [2.24, 2.45) is 5.92 Å². The standard InChI is InChI=1S/C12H25O/c1-6-11(7-2)13-12(8-3)9-10(4)5/h10-12H,1,6-9H2,2-5H3. The van der Waals surface area contributed by atoms with Crippen LogP contribution in [-0.4, -0.2) is 12.2 Å². The molecule has 0 aliphatic heterocycles. The third-order valence-corrected chi connectivity index (χ3v) is 2.35. The zero-order valence-corrected chi connectivity index (χ0v) is 9.68. The Balaban J connectivity index is 3.80. The Labute approximate surface area is 83.9 Å². The quantitative estimate of drug-likeness (QED) is 0.585. The van der Waals surface area contributed by atoms with Gasteiger partial charge in [0.1, 0.15) is 0 Å². The van der Waals surface area contributed by atoms with E-state index in [1.165, 1.54) is 6.42 Å². The van der Waals surface area contributed by atoms with Crippen LogP contribution in [0.5, 0.6) is 0 Å². The second kappa shape index (κ2) is 7.37. The van der Waals surface area contributed by atoms with Gasteiger partial charge in [-0.3, -0.25) is 0 Å². The number of hydrogen-bond acceptors (Lipinski definition) is 1. The third kappa shape index (κ3) is 6.09. The maximum atomic E-state index is 5.95. The summed E-state index contributed by atoms with van der Waals surface area (Å²) in [7, 11) is 0. The van der Waals surface area contributed by atoms with Gasteiger partial charge in [-0.1, -0.05) is 34.6 Å². The van der Waals surface area contributed by atoms with Crippen LogP contribution in [0.2, 0.25) is 0 Å². The van der Waals surface area contributed by atoms with Gasteiger partial charge in [0.05, 0.1) is 12.2 Å². The van der Waals surface area contributed by atoms with Crippen molar-refractivity contribution in [2.75, 3.05) is 0 Å². The highest BCUT2D eigenvalue weighted by molar-refractivity contribution is 4.64. The van der Waals surface area contributed by atoms with E-state index in [1.54, 1.807) is 0 Å². The van der Waals surface area contributed by atoms with Gasteiger partial charge in [-0.05, 0) is 31.6 Å². The van der Waals surface area contributed by atoms with E-state index in [-0.39, 0.29) is 0 Å². The molecular weight excluding hydrogens is 160 g/mol. The van der Waals surface area contributed by atoms with Crippen molar-refractivity contribution in [2.45, 2.75) is 65.6 Å². The molecule has 2 unspecified atom stereocenters. The predicted octanol–water partition coefficient (Wildman–Crippen LogP) is 3.83. The predicted molar refractivity (Wildman–Crippen MR) is 58.7 cm³/mol. The summed E-state index contributed by atoms with van der Waals surface area (Å²) in [5, 5.41) is 0. The topological polar surface area (TPSA) is 9.23 Å². The Kier molecular flexibility index (Phi) is 7.35. The number of ether oxygens (including phenoxy) is 1. The Morgan fingerprint density at radius 2 is 1.62 bits per heavy atom. The molecule has 79 valence electrons. The molecule has 1 nitrogen and oxygen atoms in total. The van der Waals surface area contributed by atoms with E-state index < -0.39 is 0 Å². The van der Waals surface area contributed by atoms with Crippen LogP contribution < -0.4 is 0 Å². The summed E-state index contributed by atoms with van der Waals surface area (Å²) < 4.78 is 5.95. The fourth-order valence-electron chi connectivity index (χ4n) is 1.48. The lowest BCUT2D eigenvalue weighted by atomic mass is 10.0. The van der Waals surface area contributed by atoms with Crippen LogP contribution in [0.15, 0.2) is 0 Å². The summed E-state index contributed by atoms with van der Waals surface area (Å²) in [6, 6.07) is 0. The molecule has 0 fully saturated rings. The lowest BCUT2D eigenvalue weighted by Crippen LogP contribution is -2.22. The maximum absolute atomic E-state index is 5.95. The van der Waals surface area contributed by atoms with E-state index in [9.17, 15) is 0 Å². The highest BCUT2D eigenvalue weighted by Crippen LogP contribution is 2.16. The van der Waals surface area contributed by atoms with Crippen LogP contribution in [0.25, 0.3) is 0 Å². The first kappa shape index (κ1) is 13.0. The van der Waals surface area contributed by atoms with Crippen LogP contribution in [-0.2, 0) is 4.74 Å². The first-order chi connectivity index (χ1) is 6.13. The molecule has 0 N–H and O–H groups in total. The number of hydrogen-bond donors (Lipinski definition) is 0. The lowest BCUT2D eigenvalue weighted by Gasteiger charge is -2.23. The van der Waals surface area contributed by atoms with E-state index >= 15 is 0 Å². The zero-order chi connectivity index (χ0) is 10.3. The van der Waals surface area contributed by atoms with Crippen molar-refractivity contribution >= 4 is 0 Å². The van der Waals surface area contributed by atoms with Crippen LogP contribution in [0.4, 0.5) is 0 Å². The van der Waals surface area contributed by atoms with Crippen molar-refractivity contribution in [3.63, 3.8) is 0 Å². The molecule has 2 atom stereocenters. The van der Waals surface area contributed by atoms with Gasteiger partial charge >= 0.3 is 0 Å². The normalized spacial score (nSPS) is 14.1. The summed E-state index contributed by atoms with van der Waals surface area (Å²) in [6.07, 6.45) is 5.07. The van der Waals surface area contributed by atoms with Crippen LogP contribution >= 0.6 is 0 Å². The highest BCUT2D eigenvalue weighted by atomic mass is 16.5. The average Bonchev–Trinajstić information content (AvgIpc) is 2.11. The smallest absolute Gasteiger partial charge is 0.0578 e. The average molecular weight is 185 g/mol. The first-order valence-electron chi connectivity index (χ1n) is 5.58. The van der Waals surface area contributed by atoms with E-state index in [0.717, 1.165) is 25.2 Å². The Morgan fingerprint density at radius 3 is 1.92 bits per heavy atom. The molecule has 0 spiro atoms. The molecule has 0 rings (SSSR count). The molecule has 0 aromatic rings. The Bertz CT molecular complexity index is 106. The van der Waals surface area contributed by atoms with Crippen LogP contribution in [0.3, 0.4) is 0 Å². The molecule has 0 aromatic heterocycles. The molecule has 0 bridgehead atoms. The summed E-state index contributed by atoms with van der Waals surface area (Å²) >= 11 is 0. The molecule has 0 saturated heterocycles. The van der Waals surface area contributed by atoms with E-state index in [1.807, 2.05) is 0 Å². The summed E-state index contributed by atoms with van der Waals surface area (Å²) in [6.45, 7) is 12.8. The molecule has 0 aliphatic carbocycles. The van der Waals surface area contributed by atoms with Crippen molar-refractivity contribution in [3.8, 4) is 0 Å². The Morgan fingerprint density at radius 1 is 1.08 bits per heavy atom. The van der Waals surface area contributed by atoms with Gasteiger partial charge in [0.15, 0.2) is 0 Å². The van der Waals surface area contributed by atoms with Crippen molar-refractivity contribution in [3.05, 3.63) is 6.92 Å². The van der Waals surface area contributed by atoms with Crippen LogP contribution in [0, 0.1) is 12.8 Å². The van der Waals surface area contributed by atoms with Gasteiger partial charge in [0.25, 0.3) is 0 Å². The molecule has 0 heterocycles. The van der Waals surface area contributed by atoms with Gasteiger partial charge in [-0.15, -0.1) is 0 Å². The molecular formula is C12H25O. The van der Waals surface area contributed by atoms with E-state index in [4.69, 9.17) is 4.74 Å². The largest absolute Gasteiger partial charge is 0.375 e. The molecule has 0 saturated carbocycles.